The zero-order valence-corrected chi connectivity index (χ0v) is 10.2. The maximum Gasteiger partial charge on any atom is 0.118 e. The molecule has 0 saturated carbocycles. The molecule has 3 aromatic rings. The highest BCUT2D eigenvalue weighted by molar-refractivity contribution is 5.86. The smallest absolute Gasteiger partial charge is 0.118 e. The van der Waals surface area contributed by atoms with E-state index in [4.69, 9.17) is 4.74 Å². The first-order chi connectivity index (χ1) is 8.86. The molecular formula is C17H13O. The van der Waals surface area contributed by atoms with Crippen molar-refractivity contribution in [2.45, 2.75) is 0 Å². The van der Waals surface area contributed by atoms with Crippen LogP contribution in [0.15, 0.2) is 60.7 Å². The van der Waals surface area contributed by atoms with Crippen molar-refractivity contribution in [1.82, 2.24) is 0 Å². The summed E-state index contributed by atoms with van der Waals surface area (Å²) < 4.78 is 5.17. The highest BCUT2D eigenvalue weighted by atomic mass is 16.5. The fraction of sp³-hybridized carbons (Fsp3) is 0.0588. The first kappa shape index (κ1) is 10.8. The van der Waals surface area contributed by atoms with Crippen LogP contribution in [0.5, 0.6) is 5.75 Å². The average Bonchev–Trinajstić information content (AvgIpc) is 2.47. The minimum absolute atomic E-state index is 0.875. The van der Waals surface area contributed by atoms with Gasteiger partial charge in [-0.3, -0.25) is 0 Å². The molecular weight excluding hydrogens is 220 g/mol. The van der Waals surface area contributed by atoms with E-state index in [0.29, 0.717) is 0 Å². The van der Waals surface area contributed by atoms with Gasteiger partial charge in [0.25, 0.3) is 0 Å². The summed E-state index contributed by atoms with van der Waals surface area (Å²) in [6.45, 7) is 0. The van der Waals surface area contributed by atoms with Gasteiger partial charge in [-0.25, -0.2) is 0 Å². The van der Waals surface area contributed by atoms with Crippen molar-refractivity contribution in [2.75, 3.05) is 7.11 Å². The molecule has 18 heavy (non-hydrogen) atoms. The Bertz CT molecular complexity index is 669. The highest BCUT2D eigenvalue weighted by Crippen LogP contribution is 2.25. The maximum atomic E-state index is 5.17. The molecule has 0 saturated heterocycles. The van der Waals surface area contributed by atoms with E-state index in [2.05, 4.69) is 42.5 Å². The molecule has 3 aromatic carbocycles. The van der Waals surface area contributed by atoms with Crippen LogP contribution < -0.4 is 4.74 Å². The predicted octanol–water partition coefficient (Wildman–Crippen LogP) is 4.32. The Hall–Kier alpha value is -2.28. The van der Waals surface area contributed by atoms with Gasteiger partial charge >= 0.3 is 0 Å². The van der Waals surface area contributed by atoms with Gasteiger partial charge in [-0.1, -0.05) is 48.5 Å². The van der Waals surface area contributed by atoms with Gasteiger partial charge < -0.3 is 4.74 Å². The van der Waals surface area contributed by atoms with Crippen LogP contribution >= 0.6 is 0 Å². The zero-order valence-electron chi connectivity index (χ0n) is 10.2. The van der Waals surface area contributed by atoms with Crippen LogP contribution in [0.1, 0.15) is 0 Å². The molecule has 0 aromatic heterocycles. The summed E-state index contributed by atoms with van der Waals surface area (Å²) in [6.07, 6.45) is 0. The van der Waals surface area contributed by atoms with E-state index < -0.39 is 0 Å². The van der Waals surface area contributed by atoms with Gasteiger partial charge in [-0.15, -0.1) is 0 Å². The highest BCUT2D eigenvalue weighted by Gasteiger charge is 2.00. The number of rotatable bonds is 2. The molecule has 1 heteroatoms. The van der Waals surface area contributed by atoms with Crippen molar-refractivity contribution >= 4 is 10.8 Å². The quantitative estimate of drug-likeness (QED) is 0.640. The number of hydrogen-bond acceptors (Lipinski definition) is 1. The molecule has 0 amide bonds. The summed E-state index contributed by atoms with van der Waals surface area (Å²) >= 11 is 0. The van der Waals surface area contributed by atoms with Crippen molar-refractivity contribution in [2.24, 2.45) is 0 Å². The predicted molar refractivity (Wildman–Crippen MR) is 74.8 cm³/mol. The van der Waals surface area contributed by atoms with E-state index in [1.54, 1.807) is 7.11 Å². The standard InChI is InChI=1S/C17H13O/c1-18-17-10-8-14(9-11-17)16-7-6-13-4-2-3-5-15(13)12-16/h2-11H,1H3. The molecule has 0 aliphatic rings. The van der Waals surface area contributed by atoms with Gasteiger partial charge in [0.05, 0.1) is 7.11 Å². The van der Waals surface area contributed by atoms with Crippen LogP contribution in [0.25, 0.3) is 21.9 Å². The first-order valence-electron chi connectivity index (χ1n) is 5.92. The Morgan fingerprint density at radius 1 is 0.833 bits per heavy atom. The second-order valence-corrected chi connectivity index (χ2v) is 4.19. The average molecular weight is 233 g/mol. The molecule has 1 radical (unpaired) electrons. The summed E-state index contributed by atoms with van der Waals surface area (Å²) in [5.41, 5.74) is 2.26. The number of ether oxygens (including phenoxy) is 1. The third-order valence-electron chi connectivity index (χ3n) is 3.06. The van der Waals surface area contributed by atoms with Crippen molar-refractivity contribution in [3.8, 4) is 16.9 Å². The minimum Gasteiger partial charge on any atom is -0.497 e. The van der Waals surface area contributed by atoms with Crippen molar-refractivity contribution in [1.29, 1.82) is 0 Å². The third-order valence-corrected chi connectivity index (χ3v) is 3.06. The second-order valence-electron chi connectivity index (χ2n) is 4.19. The lowest BCUT2D eigenvalue weighted by atomic mass is 10.0. The fourth-order valence-corrected chi connectivity index (χ4v) is 2.06. The minimum atomic E-state index is 0.875. The van der Waals surface area contributed by atoms with Crippen molar-refractivity contribution in [3.63, 3.8) is 0 Å². The molecule has 0 aliphatic heterocycles. The van der Waals surface area contributed by atoms with E-state index in [-0.39, 0.29) is 0 Å². The Morgan fingerprint density at radius 3 is 2.39 bits per heavy atom. The van der Waals surface area contributed by atoms with Crippen LogP contribution in [0.3, 0.4) is 0 Å². The summed E-state index contributed by atoms with van der Waals surface area (Å²) in [5.74, 6) is 0.875. The third kappa shape index (κ3) is 1.95. The van der Waals surface area contributed by atoms with Gasteiger partial charge in [0.2, 0.25) is 0 Å². The molecule has 0 heterocycles. The SMILES string of the molecule is COc1ccc(-c2[c]c3ccccc3cc2)cc1. The maximum absolute atomic E-state index is 5.17. The molecule has 0 spiro atoms. The first-order valence-corrected chi connectivity index (χ1v) is 5.92. The summed E-state index contributed by atoms with van der Waals surface area (Å²) in [7, 11) is 1.68. The zero-order chi connectivity index (χ0) is 12.4. The topological polar surface area (TPSA) is 9.23 Å². The summed E-state index contributed by atoms with van der Waals surface area (Å²) in [5, 5.41) is 2.36. The molecule has 0 N–H and O–H groups in total. The fourth-order valence-electron chi connectivity index (χ4n) is 2.06. The molecule has 3 rings (SSSR count). The Balaban J connectivity index is 2.07. The molecule has 0 unspecified atom stereocenters. The van der Waals surface area contributed by atoms with E-state index in [1.807, 2.05) is 24.3 Å². The van der Waals surface area contributed by atoms with Gasteiger partial charge in [0.15, 0.2) is 0 Å². The van der Waals surface area contributed by atoms with Gasteiger partial charge in [0, 0.05) is 0 Å². The van der Waals surface area contributed by atoms with Crippen molar-refractivity contribution in [3.05, 3.63) is 66.7 Å². The van der Waals surface area contributed by atoms with Crippen LogP contribution in [-0.4, -0.2) is 7.11 Å². The van der Waals surface area contributed by atoms with E-state index >= 15 is 0 Å². The van der Waals surface area contributed by atoms with E-state index in [1.165, 1.54) is 5.39 Å². The monoisotopic (exact) mass is 233 g/mol. The normalized spacial score (nSPS) is 10.5. The lowest BCUT2D eigenvalue weighted by molar-refractivity contribution is 0.415. The molecule has 0 fully saturated rings. The number of benzene rings is 3. The molecule has 0 bridgehead atoms. The second kappa shape index (κ2) is 4.53. The van der Waals surface area contributed by atoms with Crippen molar-refractivity contribution < 1.29 is 4.74 Å². The van der Waals surface area contributed by atoms with Gasteiger partial charge in [-0.05, 0) is 40.1 Å². The van der Waals surface area contributed by atoms with Crippen LogP contribution in [0, 0.1) is 6.07 Å². The number of hydrogen-bond donors (Lipinski definition) is 0. The lowest BCUT2D eigenvalue weighted by Gasteiger charge is -2.05. The van der Waals surface area contributed by atoms with Gasteiger partial charge in [-0.2, -0.15) is 0 Å². The van der Waals surface area contributed by atoms with Gasteiger partial charge in [0.1, 0.15) is 5.75 Å². The Kier molecular flexibility index (Phi) is 2.73. The van der Waals surface area contributed by atoms with Crippen LogP contribution in [0.2, 0.25) is 0 Å². The Labute approximate surface area is 107 Å². The van der Waals surface area contributed by atoms with Crippen LogP contribution in [-0.2, 0) is 0 Å². The number of methoxy groups -OCH3 is 1. The summed E-state index contributed by atoms with van der Waals surface area (Å²) in [4.78, 5) is 0. The van der Waals surface area contributed by atoms with E-state index in [0.717, 1.165) is 22.3 Å². The van der Waals surface area contributed by atoms with Crippen LogP contribution in [0.4, 0.5) is 0 Å². The largest absolute Gasteiger partial charge is 0.497 e. The Morgan fingerprint density at radius 2 is 1.61 bits per heavy atom. The number of fused-ring (bicyclic) bond motifs is 1. The molecule has 1 nitrogen and oxygen atoms in total. The molecule has 0 atom stereocenters. The molecule has 87 valence electrons. The summed E-state index contributed by atoms with van der Waals surface area (Å²) in [6, 6.07) is 24.0. The lowest BCUT2D eigenvalue weighted by Crippen LogP contribution is -1.83. The molecule has 0 aliphatic carbocycles. The van der Waals surface area contributed by atoms with E-state index in [9.17, 15) is 0 Å².